The smallest absolute Gasteiger partial charge is 0.153 e. The van der Waals surface area contributed by atoms with Crippen molar-refractivity contribution in [3.8, 4) is 22.6 Å². The molecule has 0 N–H and O–H groups in total. The lowest BCUT2D eigenvalue weighted by Crippen LogP contribution is -2.17. The maximum atomic E-state index is 6.63. The van der Waals surface area contributed by atoms with Gasteiger partial charge in [0.1, 0.15) is 11.2 Å². The Morgan fingerprint density at radius 1 is 0.413 bits per heavy atom. The van der Waals surface area contributed by atoms with Gasteiger partial charge in [-0.3, -0.25) is 0 Å². The molecule has 1 aliphatic heterocycles. The minimum Gasteiger partial charge on any atom is -0.456 e. The minimum absolute atomic E-state index is 0.779. The van der Waals surface area contributed by atoms with Gasteiger partial charge in [0.25, 0.3) is 0 Å². The molecule has 0 aliphatic carbocycles. The Morgan fingerprint density at radius 2 is 1.09 bits per heavy atom. The van der Waals surface area contributed by atoms with E-state index in [2.05, 4.69) is 131 Å². The number of rotatable bonds is 5. The zero-order valence-corrected chi connectivity index (χ0v) is 24.9. The number of para-hydroxylation sites is 4. The number of hydrogen-bond acceptors (Lipinski definition) is 4. The zero-order chi connectivity index (χ0) is 30.5. The molecule has 4 nitrogen and oxygen atoms in total. The van der Waals surface area contributed by atoms with Gasteiger partial charge in [0, 0.05) is 40.0 Å². The van der Waals surface area contributed by atoms with Crippen LogP contribution in [-0.4, -0.2) is 0 Å². The largest absolute Gasteiger partial charge is 0.456 e. The summed E-state index contributed by atoms with van der Waals surface area (Å²) in [5, 5.41) is 2.22. The van der Waals surface area contributed by atoms with E-state index in [1.807, 2.05) is 48.5 Å². The van der Waals surface area contributed by atoms with Crippen LogP contribution in [0, 0.1) is 0 Å². The van der Waals surface area contributed by atoms with Gasteiger partial charge in [-0.2, -0.15) is 0 Å². The molecule has 0 atom stereocenters. The summed E-state index contributed by atoms with van der Waals surface area (Å²) < 4.78 is 12.9. The Bertz CT molecular complexity index is 2360. The van der Waals surface area contributed by atoms with Crippen LogP contribution in [0.2, 0.25) is 0 Å². The van der Waals surface area contributed by atoms with Crippen molar-refractivity contribution in [1.29, 1.82) is 0 Å². The summed E-state index contributed by atoms with van der Waals surface area (Å²) in [4.78, 5) is 4.54. The van der Waals surface area contributed by atoms with Crippen LogP contribution in [0.1, 0.15) is 0 Å². The van der Waals surface area contributed by atoms with Gasteiger partial charge in [-0.15, -0.1) is 0 Å². The lowest BCUT2D eigenvalue weighted by molar-refractivity contribution is 0.477. The normalized spacial score (nSPS) is 12.0. The van der Waals surface area contributed by atoms with Crippen LogP contribution in [0.15, 0.2) is 174 Å². The standard InChI is InChI=1S/C42H28N2O2/c1-3-12-29(13-4-1)30-14-11-17-32(26-30)43(31-15-5-2-6-16-31)33-23-25-38-42(28-33)46-40-21-10-8-19-37(40)44(38)34-22-24-36-35-18-7-9-20-39(35)45-41(36)27-34/h1-28H. The van der Waals surface area contributed by atoms with Crippen LogP contribution in [0.3, 0.4) is 0 Å². The second-order valence-corrected chi connectivity index (χ2v) is 11.4. The Hall–Kier alpha value is -6.26. The monoisotopic (exact) mass is 592 g/mol. The van der Waals surface area contributed by atoms with E-state index >= 15 is 0 Å². The lowest BCUT2D eigenvalue weighted by atomic mass is 10.0. The van der Waals surface area contributed by atoms with Crippen molar-refractivity contribution in [2.45, 2.75) is 0 Å². The van der Waals surface area contributed by atoms with Gasteiger partial charge in [-0.1, -0.05) is 91.0 Å². The predicted octanol–water partition coefficient (Wildman–Crippen LogP) is 12.3. The summed E-state index contributed by atoms with van der Waals surface area (Å²) in [6, 6.07) is 58.9. The second-order valence-electron chi connectivity index (χ2n) is 11.4. The average Bonchev–Trinajstić information content (AvgIpc) is 3.49. The molecule has 0 saturated carbocycles. The molecular formula is C42H28N2O2. The highest BCUT2D eigenvalue weighted by Crippen LogP contribution is 2.52. The topological polar surface area (TPSA) is 28.9 Å². The van der Waals surface area contributed by atoms with Crippen LogP contribution in [0.5, 0.6) is 11.5 Å². The van der Waals surface area contributed by atoms with Gasteiger partial charge in [-0.25, -0.2) is 0 Å². The third-order valence-corrected chi connectivity index (χ3v) is 8.61. The van der Waals surface area contributed by atoms with Crippen molar-refractivity contribution in [1.82, 2.24) is 0 Å². The maximum Gasteiger partial charge on any atom is 0.153 e. The number of fused-ring (bicyclic) bond motifs is 5. The van der Waals surface area contributed by atoms with Gasteiger partial charge in [0.15, 0.2) is 11.5 Å². The third kappa shape index (κ3) is 4.39. The van der Waals surface area contributed by atoms with Crippen LogP contribution < -0.4 is 14.5 Å². The summed E-state index contributed by atoms with van der Waals surface area (Å²) >= 11 is 0. The number of furan rings is 1. The highest BCUT2D eigenvalue weighted by atomic mass is 16.5. The molecule has 8 aromatic rings. The molecule has 9 rings (SSSR count). The number of nitrogens with zero attached hydrogens (tertiary/aromatic N) is 2. The quantitative estimate of drug-likeness (QED) is 0.199. The summed E-state index contributed by atoms with van der Waals surface area (Å²) in [6.07, 6.45) is 0. The highest BCUT2D eigenvalue weighted by molar-refractivity contribution is 6.06. The Kier molecular flexibility index (Phi) is 6.10. The number of hydrogen-bond donors (Lipinski definition) is 0. The summed E-state index contributed by atoms with van der Waals surface area (Å²) in [7, 11) is 0. The van der Waals surface area contributed by atoms with E-state index in [4.69, 9.17) is 9.15 Å². The van der Waals surface area contributed by atoms with E-state index in [1.54, 1.807) is 0 Å². The fraction of sp³-hybridized carbons (Fsp3) is 0. The fourth-order valence-electron chi connectivity index (χ4n) is 6.50. The van der Waals surface area contributed by atoms with Crippen molar-refractivity contribution in [2.24, 2.45) is 0 Å². The highest BCUT2D eigenvalue weighted by Gasteiger charge is 2.27. The third-order valence-electron chi connectivity index (χ3n) is 8.61. The molecule has 0 fully saturated rings. The van der Waals surface area contributed by atoms with Crippen molar-refractivity contribution in [3.63, 3.8) is 0 Å². The Morgan fingerprint density at radius 3 is 1.98 bits per heavy atom. The molecule has 0 bridgehead atoms. The Balaban J connectivity index is 1.19. The first-order valence-corrected chi connectivity index (χ1v) is 15.4. The van der Waals surface area contributed by atoms with Gasteiger partial charge >= 0.3 is 0 Å². The molecule has 0 radical (unpaired) electrons. The van der Waals surface area contributed by atoms with Crippen molar-refractivity contribution in [2.75, 3.05) is 9.80 Å². The molecule has 0 spiro atoms. The van der Waals surface area contributed by atoms with Gasteiger partial charge in [0.05, 0.1) is 17.1 Å². The number of anilines is 6. The molecule has 7 aromatic carbocycles. The average molecular weight is 593 g/mol. The van der Waals surface area contributed by atoms with E-state index in [1.165, 1.54) is 5.56 Å². The van der Waals surface area contributed by atoms with Crippen molar-refractivity contribution in [3.05, 3.63) is 170 Å². The molecule has 4 heteroatoms. The van der Waals surface area contributed by atoms with Crippen LogP contribution in [0.4, 0.5) is 34.1 Å². The summed E-state index contributed by atoms with van der Waals surface area (Å²) in [5.41, 5.74) is 10.2. The molecule has 0 amide bonds. The number of ether oxygens (including phenoxy) is 1. The molecule has 46 heavy (non-hydrogen) atoms. The maximum absolute atomic E-state index is 6.63. The first kappa shape index (κ1) is 26.2. The molecule has 218 valence electrons. The molecule has 0 saturated heterocycles. The summed E-state index contributed by atoms with van der Waals surface area (Å²) in [6.45, 7) is 0. The van der Waals surface area contributed by atoms with Crippen LogP contribution in [-0.2, 0) is 0 Å². The summed E-state index contributed by atoms with van der Waals surface area (Å²) in [5.74, 6) is 1.58. The van der Waals surface area contributed by atoms with Crippen LogP contribution in [0.25, 0.3) is 33.1 Å². The van der Waals surface area contributed by atoms with E-state index in [0.29, 0.717) is 0 Å². The second kappa shape index (κ2) is 10.7. The molecule has 1 aliphatic rings. The van der Waals surface area contributed by atoms with Crippen molar-refractivity contribution >= 4 is 56.1 Å². The minimum atomic E-state index is 0.779. The van der Waals surface area contributed by atoms with Crippen molar-refractivity contribution < 1.29 is 9.15 Å². The van der Waals surface area contributed by atoms with Crippen LogP contribution >= 0.6 is 0 Å². The number of benzene rings is 7. The first-order valence-electron chi connectivity index (χ1n) is 15.4. The predicted molar refractivity (Wildman–Crippen MR) is 189 cm³/mol. The zero-order valence-electron chi connectivity index (χ0n) is 24.9. The van der Waals surface area contributed by atoms with Gasteiger partial charge in [-0.05, 0) is 77.9 Å². The molecule has 0 unspecified atom stereocenters. The fourth-order valence-corrected chi connectivity index (χ4v) is 6.50. The van der Waals surface area contributed by atoms with E-state index in [9.17, 15) is 0 Å². The van der Waals surface area contributed by atoms with E-state index < -0.39 is 0 Å². The van der Waals surface area contributed by atoms with Gasteiger partial charge < -0.3 is 19.0 Å². The van der Waals surface area contributed by atoms with Gasteiger partial charge in [0.2, 0.25) is 0 Å². The molecular weight excluding hydrogens is 564 g/mol. The SMILES string of the molecule is c1ccc(-c2cccc(N(c3ccccc3)c3ccc4c(c3)Oc3ccccc3N4c3ccc4c(c3)oc3ccccc34)c2)cc1. The lowest BCUT2D eigenvalue weighted by Gasteiger charge is -2.34. The Labute approximate surface area is 267 Å². The van der Waals surface area contributed by atoms with E-state index in [0.717, 1.165) is 73.1 Å². The molecule has 1 aromatic heterocycles. The first-order chi connectivity index (χ1) is 22.8. The molecule has 2 heterocycles. The van der Waals surface area contributed by atoms with E-state index in [-0.39, 0.29) is 0 Å².